The highest BCUT2D eigenvalue weighted by atomic mass is 35.5. The topological polar surface area (TPSA) is 55.1 Å². The molecule has 0 saturated carbocycles. The molecule has 0 atom stereocenters. The highest BCUT2D eigenvalue weighted by molar-refractivity contribution is 5.85. The predicted molar refractivity (Wildman–Crippen MR) is 109 cm³/mol. The van der Waals surface area contributed by atoms with Crippen molar-refractivity contribution in [2.24, 2.45) is 5.73 Å². The number of halogens is 1. The second-order valence-corrected chi connectivity index (χ2v) is 6.84. The molecule has 0 aromatic rings. The molecule has 0 rings (SSSR count). The molecule has 0 unspecified atom stereocenters. The molecule has 24 heavy (non-hydrogen) atoms. The summed E-state index contributed by atoms with van der Waals surface area (Å²) in [5.41, 5.74) is 5.42. The molecule has 0 radical (unpaired) electrons. The van der Waals surface area contributed by atoms with Crippen molar-refractivity contribution in [3.63, 3.8) is 0 Å². The van der Waals surface area contributed by atoms with Crippen molar-refractivity contribution < 1.29 is 4.79 Å². The van der Waals surface area contributed by atoms with E-state index in [4.69, 9.17) is 5.73 Å². The summed E-state index contributed by atoms with van der Waals surface area (Å²) in [6.07, 6.45) is 20.2. The Morgan fingerprint density at radius 3 is 1.62 bits per heavy atom. The molecule has 146 valence electrons. The Morgan fingerprint density at radius 2 is 1.17 bits per heavy atom. The lowest BCUT2D eigenvalue weighted by Gasteiger charge is -2.05. The predicted octanol–water partition coefficient (Wildman–Crippen LogP) is 5.74. The van der Waals surface area contributed by atoms with Gasteiger partial charge in [0.1, 0.15) is 0 Å². The van der Waals surface area contributed by atoms with Crippen molar-refractivity contribution >= 4 is 18.3 Å². The van der Waals surface area contributed by atoms with Gasteiger partial charge in [0.15, 0.2) is 0 Å². The average Bonchev–Trinajstić information content (AvgIpc) is 2.56. The number of hydrogen-bond donors (Lipinski definition) is 2. The average molecular weight is 363 g/mol. The first-order valence-electron chi connectivity index (χ1n) is 10.3. The van der Waals surface area contributed by atoms with Crippen LogP contribution in [0.3, 0.4) is 0 Å². The van der Waals surface area contributed by atoms with Crippen LogP contribution in [0.1, 0.15) is 110 Å². The first kappa shape index (κ1) is 26.0. The van der Waals surface area contributed by atoms with Crippen molar-refractivity contribution in [1.29, 1.82) is 0 Å². The molecule has 3 nitrogen and oxygen atoms in total. The second kappa shape index (κ2) is 22.7. The van der Waals surface area contributed by atoms with Crippen molar-refractivity contribution in [3.05, 3.63) is 0 Å². The van der Waals surface area contributed by atoms with Crippen LogP contribution in [0.2, 0.25) is 0 Å². The van der Waals surface area contributed by atoms with Gasteiger partial charge in [0.25, 0.3) is 0 Å². The molecule has 0 aromatic carbocycles. The molecular formula is C20H43ClN2O. The molecule has 0 aliphatic heterocycles. The quantitative estimate of drug-likeness (QED) is 0.305. The molecule has 0 aliphatic carbocycles. The zero-order valence-electron chi connectivity index (χ0n) is 16.1. The van der Waals surface area contributed by atoms with E-state index < -0.39 is 0 Å². The van der Waals surface area contributed by atoms with Crippen LogP contribution in [-0.4, -0.2) is 19.0 Å². The molecule has 0 spiro atoms. The first-order chi connectivity index (χ1) is 11.3. The Balaban J connectivity index is 0. The fourth-order valence-corrected chi connectivity index (χ4v) is 2.89. The number of nitrogens with two attached hydrogens (primary N) is 1. The van der Waals surface area contributed by atoms with Gasteiger partial charge in [0.05, 0.1) is 0 Å². The second-order valence-electron chi connectivity index (χ2n) is 6.84. The fourth-order valence-electron chi connectivity index (χ4n) is 2.89. The zero-order valence-corrected chi connectivity index (χ0v) is 16.9. The molecule has 0 heterocycles. The van der Waals surface area contributed by atoms with Gasteiger partial charge in [-0.25, -0.2) is 0 Å². The van der Waals surface area contributed by atoms with Gasteiger partial charge < -0.3 is 11.1 Å². The molecule has 0 aliphatic rings. The van der Waals surface area contributed by atoms with E-state index in [1.54, 1.807) is 0 Å². The number of rotatable bonds is 18. The lowest BCUT2D eigenvalue weighted by Crippen LogP contribution is -2.24. The van der Waals surface area contributed by atoms with Crippen LogP contribution in [0, 0.1) is 0 Å². The van der Waals surface area contributed by atoms with Gasteiger partial charge in [0, 0.05) is 13.0 Å². The van der Waals surface area contributed by atoms with E-state index in [-0.39, 0.29) is 18.3 Å². The summed E-state index contributed by atoms with van der Waals surface area (Å²) in [6.45, 7) is 3.78. The summed E-state index contributed by atoms with van der Waals surface area (Å²) in [6, 6.07) is 0. The summed E-state index contributed by atoms with van der Waals surface area (Å²) in [4.78, 5) is 11.6. The Labute approximate surface area is 157 Å². The fraction of sp³-hybridized carbons (Fsp3) is 0.950. The smallest absolute Gasteiger partial charge is 0.219 e. The molecule has 1 amide bonds. The Morgan fingerprint density at radius 1 is 0.708 bits per heavy atom. The molecule has 0 aromatic heterocycles. The largest absolute Gasteiger partial charge is 0.356 e. The lowest BCUT2D eigenvalue weighted by molar-refractivity contribution is -0.121. The maximum absolute atomic E-state index is 11.6. The van der Waals surface area contributed by atoms with Gasteiger partial charge in [-0.15, -0.1) is 12.4 Å². The third kappa shape index (κ3) is 21.7. The molecule has 0 fully saturated rings. The number of amides is 1. The van der Waals surface area contributed by atoms with E-state index >= 15 is 0 Å². The molecule has 0 bridgehead atoms. The van der Waals surface area contributed by atoms with E-state index in [0.29, 0.717) is 13.0 Å². The summed E-state index contributed by atoms with van der Waals surface area (Å²) >= 11 is 0. The van der Waals surface area contributed by atoms with Crippen LogP contribution in [0.4, 0.5) is 0 Å². The monoisotopic (exact) mass is 362 g/mol. The SMILES string of the molecule is CCCCCCCCCCCCCCCC(=O)NCCCCN.Cl. The summed E-state index contributed by atoms with van der Waals surface area (Å²) in [5, 5.41) is 2.97. The standard InChI is InChI=1S/C20H42N2O.ClH/c1-2-3-4-5-6-7-8-9-10-11-12-13-14-17-20(23)22-19-16-15-18-21;/h2-19,21H2,1H3,(H,22,23);1H. The van der Waals surface area contributed by atoms with E-state index in [0.717, 1.165) is 25.8 Å². The summed E-state index contributed by atoms with van der Waals surface area (Å²) in [5.74, 6) is 0.213. The van der Waals surface area contributed by atoms with E-state index in [1.165, 1.54) is 77.0 Å². The van der Waals surface area contributed by atoms with Gasteiger partial charge in [-0.2, -0.15) is 0 Å². The summed E-state index contributed by atoms with van der Waals surface area (Å²) < 4.78 is 0. The van der Waals surface area contributed by atoms with Crippen LogP contribution < -0.4 is 11.1 Å². The molecule has 0 saturated heterocycles. The normalized spacial score (nSPS) is 10.4. The highest BCUT2D eigenvalue weighted by Gasteiger charge is 2.00. The number of unbranched alkanes of at least 4 members (excludes halogenated alkanes) is 13. The van der Waals surface area contributed by atoms with E-state index in [9.17, 15) is 4.79 Å². The first-order valence-corrected chi connectivity index (χ1v) is 10.3. The van der Waals surface area contributed by atoms with Crippen molar-refractivity contribution in [2.45, 2.75) is 110 Å². The molecule has 3 N–H and O–H groups in total. The van der Waals surface area contributed by atoms with Gasteiger partial charge in [0.2, 0.25) is 5.91 Å². The van der Waals surface area contributed by atoms with Crippen LogP contribution in [0.25, 0.3) is 0 Å². The van der Waals surface area contributed by atoms with Gasteiger partial charge in [-0.1, -0.05) is 84.0 Å². The van der Waals surface area contributed by atoms with Gasteiger partial charge in [-0.05, 0) is 25.8 Å². The zero-order chi connectivity index (χ0) is 17.0. The Hall–Kier alpha value is -0.280. The van der Waals surface area contributed by atoms with Crippen LogP contribution in [0.15, 0.2) is 0 Å². The van der Waals surface area contributed by atoms with Crippen LogP contribution in [0.5, 0.6) is 0 Å². The maximum Gasteiger partial charge on any atom is 0.219 e. The van der Waals surface area contributed by atoms with Crippen molar-refractivity contribution in [2.75, 3.05) is 13.1 Å². The van der Waals surface area contributed by atoms with Crippen molar-refractivity contribution in [1.82, 2.24) is 5.32 Å². The third-order valence-corrected chi connectivity index (χ3v) is 4.46. The minimum Gasteiger partial charge on any atom is -0.356 e. The van der Waals surface area contributed by atoms with Gasteiger partial charge in [-0.3, -0.25) is 4.79 Å². The number of nitrogens with one attached hydrogen (secondary N) is 1. The number of carbonyl (C=O) groups is 1. The minimum atomic E-state index is 0. The van der Waals surface area contributed by atoms with Crippen molar-refractivity contribution in [3.8, 4) is 0 Å². The maximum atomic E-state index is 11.6. The van der Waals surface area contributed by atoms with Crippen LogP contribution in [-0.2, 0) is 4.79 Å². The Kier molecular flexibility index (Phi) is 24.6. The van der Waals surface area contributed by atoms with Crippen LogP contribution >= 0.6 is 12.4 Å². The number of hydrogen-bond acceptors (Lipinski definition) is 2. The minimum absolute atomic E-state index is 0. The van der Waals surface area contributed by atoms with E-state index in [2.05, 4.69) is 12.2 Å². The highest BCUT2D eigenvalue weighted by Crippen LogP contribution is 2.12. The molecule has 4 heteroatoms. The third-order valence-electron chi connectivity index (χ3n) is 4.46. The Bertz CT molecular complexity index is 250. The lowest BCUT2D eigenvalue weighted by atomic mass is 10.0. The van der Waals surface area contributed by atoms with E-state index in [1.807, 2.05) is 0 Å². The summed E-state index contributed by atoms with van der Waals surface area (Å²) in [7, 11) is 0. The number of carbonyl (C=O) groups excluding carboxylic acids is 1. The van der Waals surface area contributed by atoms with Gasteiger partial charge >= 0.3 is 0 Å². The molecular weight excluding hydrogens is 320 g/mol.